The number of fused-ring (bicyclic) bond motifs is 1. The van der Waals surface area contributed by atoms with Gasteiger partial charge in [0.2, 0.25) is 0 Å². The summed E-state index contributed by atoms with van der Waals surface area (Å²) in [7, 11) is 0. The largest absolute Gasteiger partial charge is 0.479 e. The van der Waals surface area contributed by atoms with Gasteiger partial charge in [-0.05, 0) is 19.3 Å². The van der Waals surface area contributed by atoms with Gasteiger partial charge in [0.1, 0.15) is 0 Å². The van der Waals surface area contributed by atoms with E-state index < -0.39 is 11.6 Å². The molecular weight excluding hydrogens is 172 g/mol. The van der Waals surface area contributed by atoms with Crippen LogP contribution in [0.15, 0.2) is 0 Å². The Morgan fingerprint density at radius 2 is 2.15 bits per heavy atom. The van der Waals surface area contributed by atoms with Crippen LogP contribution >= 0.6 is 0 Å². The maximum Gasteiger partial charge on any atom is 0.338 e. The molecule has 13 heavy (non-hydrogen) atoms. The molecule has 2 aliphatic heterocycles. The number of hydrogen-bond acceptors (Lipinski definition) is 3. The molecule has 1 saturated carbocycles. The summed E-state index contributed by atoms with van der Waals surface area (Å²) in [5.41, 5.74) is -0.836. The molecule has 4 atom stereocenters. The first-order valence-corrected chi connectivity index (χ1v) is 4.75. The molecule has 2 heterocycles. The monoisotopic (exact) mass is 184 g/mol. The predicted octanol–water partition coefficient (Wildman–Crippen LogP) is 0.407. The van der Waals surface area contributed by atoms with Crippen LogP contribution in [0.1, 0.15) is 19.3 Å². The zero-order valence-electron chi connectivity index (χ0n) is 7.23. The van der Waals surface area contributed by atoms with Crippen LogP contribution in [0.4, 0.5) is 0 Å². The lowest BCUT2D eigenvalue weighted by Crippen LogP contribution is -2.36. The van der Waals surface area contributed by atoms with Crippen molar-refractivity contribution in [3.63, 3.8) is 0 Å². The van der Waals surface area contributed by atoms with E-state index in [9.17, 15) is 4.79 Å². The minimum atomic E-state index is -0.836. The van der Waals surface area contributed by atoms with Gasteiger partial charge in [0.25, 0.3) is 0 Å². The van der Waals surface area contributed by atoms with Crippen LogP contribution in [0.25, 0.3) is 0 Å². The van der Waals surface area contributed by atoms with Gasteiger partial charge in [0.15, 0.2) is 5.60 Å². The van der Waals surface area contributed by atoms with Gasteiger partial charge in [-0.1, -0.05) is 0 Å². The lowest BCUT2D eigenvalue weighted by Gasteiger charge is -2.22. The van der Waals surface area contributed by atoms with Crippen LogP contribution in [0, 0.1) is 5.92 Å². The SMILES string of the molecule is O=C(O)C1(C2CCC3OC3C2)CO1. The van der Waals surface area contributed by atoms with Crippen molar-refractivity contribution in [2.45, 2.75) is 37.1 Å². The number of carboxylic acid groups (broad SMARTS) is 1. The predicted molar refractivity (Wildman–Crippen MR) is 42.3 cm³/mol. The lowest BCUT2D eigenvalue weighted by molar-refractivity contribution is -0.145. The Hall–Kier alpha value is -0.610. The van der Waals surface area contributed by atoms with Crippen molar-refractivity contribution in [1.29, 1.82) is 0 Å². The fourth-order valence-corrected chi connectivity index (χ4v) is 2.44. The minimum absolute atomic E-state index is 0.175. The fourth-order valence-electron chi connectivity index (χ4n) is 2.44. The Morgan fingerprint density at radius 3 is 2.69 bits per heavy atom. The highest BCUT2D eigenvalue weighted by atomic mass is 16.6. The fraction of sp³-hybridized carbons (Fsp3) is 0.889. The normalized spacial score (nSPS) is 52.5. The van der Waals surface area contributed by atoms with Gasteiger partial charge in [-0.3, -0.25) is 0 Å². The molecule has 4 heteroatoms. The molecule has 0 amide bonds. The third-order valence-electron chi connectivity index (χ3n) is 3.48. The number of rotatable bonds is 2. The van der Waals surface area contributed by atoms with Gasteiger partial charge in [-0.15, -0.1) is 0 Å². The lowest BCUT2D eigenvalue weighted by atomic mass is 9.80. The Balaban J connectivity index is 1.74. The van der Waals surface area contributed by atoms with E-state index in [4.69, 9.17) is 14.6 Å². The number of carboxylic acids is 1. The Labute approximate surface area is 75.8 Å². The molecule has 3 aliphatic rings. The smallest absolute Gasteiger partial charge is 0.338 e. The van der Waals surface area contributed by atoms with Crippen LogP contribution in [-0.4, -0.2) is 35.5 Å². The van der Waals surface area contributed by atoms with Gasteiger partial charge in [0.05, 0.1) is 18.8 Å². The van der Waals surface area contributed by atoms with Crippen LogP contribution in [-0.2, 0) is 14.3 Å². The standard InChI is InChI=1S/C9H12O4/c10-8(11)9(4-12-9)5-1-2-6-7(3-5)13-6/h5-7H,1-4H2,(H,10,11). The van der Waals surface area contributed by atoms with E-state index in [1.54, 1.807) is 0 Å². The van der Waals surface area contributed by atoms with Crippen molar-refractivity contribution in [2.75, 3.05) is 6.61 Å². The van der Waals surface area contributed by atoms with E-state index in [0.717, 1.165) is 19.3 Å². The average molecular weight is 184 g/mol. The third kappa shape index (κ3) is 1.02. The first-order valence-electron chi connectivity index (χ1n) is 4.75. The summed E-state index contributed by atoms with van der Waals surface area (Å²) in [6.45, 7) is 0.393. The first kappa shape index (κ1) is 7.76. The second-order valence-corrected chi connectivity index (χ2v) is 4.21. The number of carbonyl (C=O) groups is 1. The van der Waals surface area contributed by atoms with Crippen molar-refractivity contribution < 1.29 is 19.4 Å². The topological polar surface area (TPSA) is 62.4 Å². The second kappa shape index (κ2) is 2.25. The van der Waals surface area contributed by atoms with Crippen LogP contribution in [0.5, 0.6) is 0 Å². The molecule has 0 aromatic carbocycles. The number of ether oxygens (including phenoxy) is 2. The van der Waals surface area contributed by atoms with Crippen LogP contribution in [0.3, 0.4) is 0 Å². The maximum absolute atomic E-state index is 10.9. The second-order valence-electron chi connectivity index (χ2n) is 4.21. The van der Waals surface area contributed by atoms with Crippen molar-refractivity contribution in [3.8, 4) is 0 Å². The molecule has 4 nitrogen and oxygen atoms in total. The summed E-state index contributed by atoms with van der Waals surface area (Å²) in [4.78, 5) is 10.9. The van der Waals surface area contributed by atoms with Crippen molar-refractivity contribution in [1.82, 2.24) is 0 Å². The highest BCUT2D eigenvalue weighted by Gasteiger charge is 2.62. The van der Waals surface area contributed by atoms with Gasteiger partial charge in [0, 0.05) is 5.92 Å². The molecular formula is C9H12O4. The van der Waals surface area contributed by atoms with Crippen LogP contribution in [0.2, 0.25) is 0 Å². The van der Waals surface area contributed by atoms with E-state index in [1.165, 1.54) is 0 Å². The summed E-state index contributed by atoms with van der Waals surface area (Å²) in [5.74, 6) is -0.620. The Kier molecular flexibility index (Phi) is 1.34. The highest BCUT2D eigenvalue weighted by Crippen LogP contribution is 2.48. The molecule has 72 valence electrons. The molecule has 2 saturated heterocycles. The van der Waals surface area contributed by atoms with Crippen molar-refractivity contribution >= 4 is 5.97 Å². The summed E-state index contributed by atoms with van der Waals surface area (Å²) in [6.07, 6.45) is 3.58. The van der Waals surface area contributed by atoms with Gasteiger partial charge >= 0.3 is 5.97 Å². The maximum atomic E-state index is 10.9. The average Bonchev–Trinajstić information content (AvgIpc) is 2.99. The summed E-state index contributed by atoms with van der Waals surface area (Å²) < 4.78 is 10.5. The molecule has 0 bridgehead atoms. The van der Waals surface area contributed by atoms with E-state index in [2.05, 4.69) is 0 Å². The first-order chi connectivity index (χ1) is 6.22. The zero-order valence-corrected chi connectivity index (χ0v) is 7.23. The quantitative estimate of drug-likeness (QED) is 0.631. The van der Waals surface area contributed by atoms with Crippen molar-refractivity contribution in [2.24, 2.45) is 5.92 Å². The molecule has 0 aromatic rings. The molecule has 0 radical (unpaired) electrons. The molecule has 3 rings (SSSR count). The highest BCUT2D eigenvalue weighted by molar-refractivity contribution is 5.80. The number of hydrogen-bond donors (Lipinski definition) is 1. The van der Waals surface area contributed by atoms with Gasteiger partial charge in [-0.2, -0.15) is 0 Å². The molecule has 4 unspecified atom stereocenters. The Morgan fingerprint density at radius 1 is 1.38 bits per heavy atom. The molecule has 1 N–H and O–H groups in total. The van der Waals surface area contributed by atoms with Crippen LogP contribution < -0.4 is 0 Å². The number of aliphatic carboxylic acids is 1. The molecule has 0 spiro atoms. The van der Waals surface area contributed by atoms with Gasteiger partial charge < -0.3 is 14.6 Å². The van der Waals surface area contributed by atoms with E-state index in [-0.39, 0.29) is 5.92 Å². The number of epoxide rings is 2. The van der Waals surface area contributed by atoms with Gasteiger partial charge in [-0.25, -0.2) is 4.79 Å². The Bertz CT molecular complexity index is 258. The summed E-state index contributed by atoms with van der Waals surface area (Å²) >= 11 is 0. The summed E-state index contributed by atoms with van der Waals surface area (Å²) in [6, 6.07) is 0. The summed E-state index contributed by atoms with van der Waals surface area (Å²) in [5, 5.41) is 8.99. The van der Waals surface area contributed by atoms with E-state index >= 15 is 0 Å². The molecule has 3 fully saturated rings. The van der Waals surface area contributed by atoms with E-state index in [1.807, 2.05) is 0 Å². The minimum Gasteiger partial charge on any atom is -0.479 e. The van der Waals surface area contributed by atoms with E-state index in [0.29, 0.717) is 18.8 Å². The van der Waals surface area contributed by atoms with Crippen molar-refractivity contribution in [3.05, 3.63) is 0 Å². The molecule has 1 aliphatic carbocycles. The third-order valence-corrected chi connectivity index (χ3v) is 3.48. The zero-order chi connectivity index (χ0) is 9.05. The molecule has 0 aromatic heterocycles.